The van der Waals surface area contributed by atoms with Crippen LogP contribution in [0.1, 0.15) is 0 Å². The quantitative estimate of drug-likeness (QED) is 0.362. The Hall–Kier alpha value is -3.59. The molecule has 3 saturated heterocycles. The molecular weight excluding hydrogens is 484 g/mol. The summed E-state index contributed by atoms with van der Waals surface area (Å²) >= 11 is 1.65. The number of imide groups is 1. The molecule has 3 fully saturated rings. The van der Waals surface area contributed by atoms with Gasteiger partial charge in [-0.1, -0.05) is 84.6 Å². The van der Waals surface area contributed by atoms with Gasteiger partial charge in [0.1, 0.15) is 0 Å². The van der Waals surface area contributed by atoms with E-state index in [9.17, 15) is 9.59 Å². The minimum Gasteiger partial charge on any atom is -0.379 e. The zero-order valence-electron chi connectivity index (χ0n) is 20.2. The standard InChI is InChI=1S/C29H26N4O3S/c34-27-31-17-20-37-29(31,30-15-18-36-19-16-30)33(26-14-6-10-22-8-2-4-12-24(22)26)28(35)32(27)25-13-5-9-21-7-1-3-11-23(21)25/h1-14H,15-20H2. The third-order valence-corrected chi connectivity index (χ3v) is 8.93. The summed E-state index contributed by atoms with van der Waals surface area (Å²) in [6.07, 6.45) is 0. The number of amides is 4. The lowest BCUT2D eigenvalue weighted by atomic mass is 10.1. The van der Waals surface area contributed by atoms with Crippen molar-refractivity contribution >= 4 is 56.7 Å². The van der Waals surface area contributed by atoms with Crippen LogP contribution >= 0.6 is 11.8 Å². The Morgan fingerprint density at radius 3 is 1.97 bits per heavy atom. The molecule has 7 nitrogen and oxygen atoms in total. The molecule has 3 heterocycles. The zero-order valence-corrected chi connectivity index (χ0v) is 21.1. The topological polar surface area (TPSA) is 56.3 Å². The first-order valence-corrected chi connectivity index (χ1v) is 13.6. The van der Waals surface area contributed by atoms with Gasteiger partial charge in [0.05, 0.1) is 24.6 Å². The van der Waals surface area contributed by atoms with E-state index in [2.05, 4.69) is 17.0 Å². The van der Waals surface area contributed by atoms with Crippen LogP contribution in [0, 0.1) is 0 Å². The van der Waals surface area contributed by atoms with Crippen LogP contribution in [0.3, 0.4) is 0 Å². The molecule has 4 aromatic carbocycles. The summed E-state index contributed by atoms with van der Waals surface area (Å²) in [5, 5.41) is 2.93. The highest BCUT2D eigenvalue weighted by Gasteiger charge is 2.62. The van der Waals surface area contributed by atoms with Gasteiger partial charge in [0.15, 0.2) is 0 Å². The summed E-state index contributed by atoms with van der Waals surface area (Å²) in [5.74, 6) is 0.737. The SMILES string of the molecule is O=C1N(c2cccc3ccccc23)C(=O)N(c2cccc3ccccc23)C2(N3CCOCC3)SCCN12. The highest BCUT2D eigenvalue weighted by atomic mass is 32.2. The molecule has 4 amide bonds. The molecule has 4 aromatic rings. The van der Waals surface area contributed by atoms with E-state index in [0.717, 1.165) is 33.0 Å². The van der Waals surface area contributed by atoms with Crippen molar-refractivity contribution in [1.29, 1.82) is 0 Å². The number of benzene rings is 4. The average molecular weight is 511 g/mol. The molecule has 0 aliphatic carbocycles. The van der Waals surface area contributed by atoms with E-state index in [1.54, 1.807) is 11.8 Å². The van der Waals surface area contributed by atoms with Crippen LogP contribution in [0.15, 0.2) is 84.9 Å². The lowest BCUT2D eigenvalue weighted by Gasteiger charge is -2.56. The van der Waals surface area contributed by atoms with Gasteiger partial charge in [-0.2, -0.15) is 0 Å². The predicted octanol–water partition coefficient (Wildman–Crippen LogP) is 5.55. The van der Waals surface area contributed by atoms with Gasteiger partial charge in [-0.3, -0.25) is 4.90 Å². The van der Waals surface area contributed by atoms with Gasteiger partial charge in [0.25, 0.3) is 0 Å². The molecule has 1 unspecified atom stereocenters. The number of nitrogens with zero attached hydrogens (tertiary/aromatic N) is 4. The first kappa shape index (κ1) is 22.6. The highest BCUT2D eigenvalue weighted by molar-refractivity contribution is 8.01. The fourth-order valence-corrected chi connectivity index (χ4v) is 7.40. The van der Waals surface area contributed by atoms with Crippen molar-refractivity contribution in [3.05, 3.63) is 84.9 Å². The summed E-state index contributed by atoms with van der Waals surface area (Å²) < 4.78 is 5.67. The van der Waals surface area contributed by atoms with Crippen LogP contribution in [-0.4, -0.2) is 65.6 Å². The second-order valence-corrected chi connectivity index (χ2v) is 10.7. The van der Waals surface area contributed by atoms with Gasteiger partial charge in [-0.15, -0.1) is 0 Å². The first-order valence-electron chi connectivity index (χ1n) is 12.6. The van der Waals surface area contributed by atoms with Crippen molar-refractivity contribution < 1.29 is 14.3 Å². The number of ether oxygens (including phenoxy) is 1. The molecule has 186 valence electrons. The number of morpholine rings is 1. The number of anilines is 2. The number of hydrogen-bond acceptors (Lipinski definition) is 5. The Balaban J connectivity index is 1.48. The average Bonchev–Trinajstić information content (AvgIpc) is 3.40. The van der Waals surface area contributed by atoms with Crippen LogP contribution in [-0.2, 0) is 4.74 Å². The third kappa shape index (κ3) is 3.29. The number of fused-ring (bicyclic) bond motifs is 3. The van der Waals surface area contributed by atoms with E-state index >= 15 is 0 Å². The Kier molecular flexibility index (Phi) is 5.35. The van der Waals surface area contributed by atoms with Crippen LogP contribution < -0.4 is 9.80 Å². The van der Waals surface area contributed by atoms with E-state index in [4.69, 9.17) is 4.74 Å². The zero-order chi connectivity index (χ0) is 25.0. The molecule has 7 rings (SSSR count). The number of urea groups is 2. The van der Waals surface area contributed by atoms with Crippen LogP contribution in [0.25, 0.3) is 21.5 Å². The van der Waals surface area contributed by atoms with E-state index in [1.807, 2.05) is 82.6 Å². The Morgan fingerprint density at radius 1 is 0.676 bits per heavy atom. The fraction of sp³-hybridized carbons (Fsp3) is 0.241. The highest BCUT2D eigenvalue weighted by Crippen LogP contribution is 2.50. The van der Waals surface area contributed by atoms with E-state index < -0.39 is 5.12 Å². The third-order valence-electron chi connectivity index (χ3n) is 7.50. The minimum atomic E-state index is -0.955. The molecule has 1 atom stereocenters. The summed E-state index contributed by atoms with van der Waals surface area (Å²) in [7, 11) is 0. The number of thioether (sulfide) groups is 1. The lowest BCUT2D eigenvalue weighted by Crippen LogP contribution is -2.77. The van der Waals surface area contributed by atoms with Crippen molar-refractivity contribution in [2.45, 2.75) is 5.12 Å². The van der Waals surface area contributed by atoms with Crippen molar-refractivity contribution in [1.82, 2.24) is 9.80 Å². The molecule has 0 bridgehead atoms. The van der Waals surface area contributed by atoms with E-state index in [1.165, 1.54) is 4.90 Å². The molecule has 0 saturated carbocycles. The van der Waals surface area contributed by atoms with Gasteiger partial charge in [-0.05, 0) is 22.9 Å². The summed E-state index contributed by atoms with van der Waals surface area (Å²) in [6.45, 7) is 2.96. The summed E-state index contributed by atoms with van der Waals surface area (Å²) in [6, 6.07) is 27.2. The molecule has 0 aromatic heterocycles. The number of rotatable bonds is 3. The maximum Gasteiger partial charge on any atom is 0.341 e. The van der Waals surface area contributed by atoms with Gasteiger partial charge >= 0.3 is 12.1 Å². The van der Waals surface area contributed by atoms with Crippen LogP contribution in [0.2, 0.25) is 0 Å². The van der Waals surface area contributed by atoms with Crippen LogP contribution in [0.4, 0.5) is 21.0 Å². The molecule has 37 heavy (non-hydrogen) atoms. The van der Waals surface area contributed by atoms with Crippen molar-refractivity contribution in [2.75, 3.05) is 48.4 Å². The predicted molar refractivity (Wildman–Crippen MR) is 148 cm³/mol. The maximum atomic E-state index is 14.7. The Bertz CT molecular complexity index is 1530. The smallest absolute Gasteiger partial charge is 0.341 e. The van der Waals surface area contributed by atoms with Crippen molar-refractivity contribution in [3.63, 3.8) is 0 Å². The molecular formula is C29H26N4O3S. The van der Waals surface area contributed by atoms with Gasteiger partial charge in [0, 0.05) is 36.2 Å². The molecule has 8 heteroatoms. The monoisotopic (exact) mass is 510 g/mol. The Labute approximate surface area is 219 Å². The molecule has 0 N–H and O–H groups in total. The number of carbonyl (C=O) groups excluding carboxylic acids is 2. The second-order valence-electron chi connectivity index (χ2n) is 9.41. The fourth-order valence-electron chi connectivity index (χ4n) is 5.86. The minimum absolute atomic E-state index is 0.283. The first-order chi connectivity index (χ1) is 18.2. The molecule has 0 radical (unpaired) electrons. The summed E-state index contributed by atoms with van der Waals surface area (Å²) in [5.41, 5.74) is 1.40. The lowest BCUT2D eigenvalue weighted by molar-refractivity contribution is -0.0309. The maximum absolute atomic E-state index is 14.7. The molecule has 3 aliphatic heterocycles. The van der Waals surface area contributed by atoms with Crippen molar-refractivity contribution in [3.8, 4) is 0 Å². The summed E-state index contributed by atoms with van der Waals surface area (Å²) in [4.78, 5) is 36.4. The van der Waals surface area contributed by atoms with E-state index in [-0.39, 0.29) is 12.1 Å². The molecule has 3 aliphatic rings. The second kappa shape index (κ2) is 8.76. The van der Waals surface area contributed by atoms with Gasteiger partial charge in [-0.25, -0.2) is 24.3 Å². The molecule has 0 spiro atoms. The normalized spacial score (nSPS) is 22.8. The van der Waals surface area contributed by atoms with E-state index in [0.29, 0.717) is 38.5 Å². The van der Waals surface area contributed by atoms with Crippen LogP contribution in [0.5, 0.6) is 0 Å². The van der Waals surface area contributed by atoms with Gasteiger partial charge < -0.3 is 4.74 Å². The Morgan fingerprint density at radius 2 is 1.27 bits per heavy atom. The largest absolute Gasteiger partial charge is 0.379 e. The van der Waals surface area contributed by atoms with Crippen molar-refractivity contribution in [2.24, 2.45) is 0 Å². The number of carbonyl (C=O) groups is 2. The number of hydrogen-bond donors (Lipinski definition) is 0. The van der Waals surface area contributed by atoms with Gasteiger partial charge in [0.2, 0.25) is 5.12 Å².